The minimum absolute atomic E-state index is 0.0265. The molecule has 0 aliphatic carbocycles. The number of rotatable bonds is 2. The first-order valence-corrected chi connectivity index (χ1v) is 6.92. The average molecular weight is 276 g/mol. The number of benzene rings is 1. The molecule has 2 unspecified atom stereocenters. The summed E-state index contributed by atoms with van der Waals surface area (Å²) in [6.07, 6.45) is 1.14. The molecule has 1 heterocycles. The van der Waals surface area contributed by atoms with Gasteiger partial charge < -0.3 is 4.90 Å². The smallest absolute Gasteiger partial charge is 0.272 e. The number of hydrogen-bond acceptors (Lipinski definition) is 3. The van der Waals surface area contributed by atoms with Crippen LogP contribution in [0.4, 0.5) is 5.69 Å². The summed E-state index contributed by atoms with van der Waals surface area (Å²) in [6.45, 7) is 7.49. The van der Waals surface area contributed by atoms with Crippen LogP contribution in [-0.2, 0) is 0 Å². The molecule has 1 aromatic carbocycles. The number of carbonyl (C=O) groups excluding carboxylic acids is 1. The van der Waals surface area contributed by atoms with Crippen molar-refractivity contribution in [2.45, 2.75) is 27.2 Å². The van der Waals surface area contributed by atoms with Crippen molar-refractivity contribution >= 4 is 11.6 Å². The molecule has 1 aliphatic rings. The molecule has 0 radical (unpaired) electrons. The molecule has 1 amide bonds. The van der Waals surface area contributed by atoms with Crippen molar-refractivity contribution in [3.05, 3.63) is 39.4 Å². The van der Waals surface area contributed by atoms with Crippen LogP contribution in [0.5, 0.6) is 0 Å². The Morgan fingerprint density at radius 2 is 1.90 bits per heavy atom. The fourth-order valence-electron chi connectivity index (χ4n) is 3.00. The number of piperidine rings is 1. The second kappa shape index (κ2) is 5.61. The Morgan fingerprint density at radius 1 is 1.30 bits per heavy atom. The van der Waals surface area contributed by atoms with Crippen LogP contribution in [0.15, 0.2) is 18.2 Å². The van der Waals surface area contributed by atoms with E-state index in [2.05, 4.69) is 13.8 Å². The SMILES string of the molecule is Cc1cc(C(=O)N2CC(C)CC(C)C2)ccc1[N+](=O)[O-]. The summed E-state index contributed by atoms with van der Waals surface area (Å²) in [5.41, 5.74) is 1.12. The van der Waals surface area contributed by atoms with E-state index in [-0.39, 0.29) is 11.6 Å². The first-order chi connectivity index (χ1) is 9.38. The first kappa shape index (κ1) is 14.5. The molecule has 5 heteroatoms. The van der Waals surface area contributed by atoms with Gasteiger partial charge in [-0.2, -0.15) is 0 Å². The largest absolute Gasteiger partial charge is 0.338 e. The molecule has 1 aliphatic heterocycles. The molecule has 0 bridgehead atoms. The molecular formula is C15H20N2O3. The highest BCUT2D eigenvalue weighted by Crippen LogP contribution is 2.24. The van der Waals surface area contributed by atoms with Crippen molar-refractivity contribution in [3.8, 4) is 0 Å². The van der Waals surface area contributed by atoms with E-state index in [1.807, 2.05) is 4.90 Å². The van der Waals surface area contributed by atoms with Gasteiger partial charge in [0, 0.05) is 30.3 Å². The molecule has 0 saturated carbocycles. The molecule has 20 heavy (non-hydrogen) atoms. The predicted molar refractivity (Wildman–Crippen MR) is 76.7 cm³/mol. The average Bonchev–Trinajstić information content (AvgIpc) is 2.36. The van der Waals surface area contributed by atoms with Gasteiger partial charge in [-0.3, -0.25) is 14.9 Å². The van der Waals surface area contributed by atoms with E-state index in [0.717, 1.165) is 19.5 Å². The molecule has 1 aromatic rings. The van der Waals surface area contributed by atoms with E-state index >= 15 is 0 Å². The molecule has 1 saturated heterocycles. The lowest BCUT2D eigenvalue weighted by molar-refractivity contribution is -0.385. The number of nitro groups is 1. The van der Waals surface area contributed by atoms with Gasteiger partial charge in [0.15, 0.2) is 0 Å². The molecule has 0 aromatic heterocycles. The quantitative estimate of drug-likeness (QED) is 0.616. The van der Waals surface area contributed by atoms with Crippen LogP contribution in [0.2, 0.25) is 0 Å². The van der Waals surface area contributed by atoms with Gasteiger partial charge in [0.05, 0.1) is 4.92 Å². The summed E-state index contributed by atoms with van der Waals surface area (Å²) in [5.74, 6) is 0.977. The highest BCUT2D eigenvalue weighted by Gasteiger charge is 2.26. The third kappa shape index (κ3) is 2.98. The molecule has 5 nitrogen and oxygen atoms in total. The van der Waals surface area contributed by atoms with E-state index in [1.165, 1.54) is 6.07 Å². The number of nitro benzene ring substituents is 1. The fourth-order valence-corrected chi connectivity index (χ4v) is 3.00. The van der Waals surface area contributed by atoms with Crippen LogP contribution in [0.3, 0.4) is 0 Å². The molecule has 0 N–H and O–H groups in total. The minimum Gasteiger partial charge on any atom is -0.338 e. The Labute approximate surface area is 118 Å². The van der Waals surface area contributed by atoms with Crippen molar-refractivity contribution in [3.63, 3.8) is 0 Å². The molecule has 108 valence electrons. The van der Waals surface area contributed by atoms with Crippen LogP contribution in [0, 0.1) is 28.9 Å². The Kier molecular flexibility index (Phi) is 4.06. The van der Waals surface area contributed by atoms with Gasteiger partial charge in [-0.15, -0.1) is 0 Å². The van der Waals surface area contributed by atoms with E-state index in [0.29, 0.717) is 23.0 Å². The predicted octanol–water partition coefficient (Wildman–Crippen LogP) is 3.02. The Bertz CT molecular complexity index is 532. The maximum absolute atomic E-state index is 12.5. The third-order valence-electron chi connectivity index (χ3n) is 3.80. The van der Waals surface area contributed by atoms with Crippen LogP contribution in [0.25, 0.3) is 0 Å². The molecular weight excluding hydrogens is 256 g/mol. The van der Waals surface area contributed by atoms with E-state index in [9.17, 15) is 14.9 Å². The molecule has 1 fully saturated rings. The van der Waals surface area contributed by atoms with Gasteiger partial charge in [-0.25, -0.2) is 0 Å². The van der Waals surface area contributed by atoms with Crippen LogP contribution < -0.4 is 0 Å². The van der Waals surface area contributed by atoms with Crippen molar-refractivity contribution in [2.75, 3.05) is 13.1 Å². The monoisotopic (exact) mass is 276 g/mol. The van der Waals surface area contributed by atoms with Gasteiger partial charge in [-0.05, 0) is 37.3 Å². The highest BCUT2D eigenvalue weighted by molar-refractivity contribution is 5.94. The Hall–Kier alpha value is -1.91. The summed E-state index contributed by atoms with van der Waals surface area (Å²) >= 11 is 0. The highest BCUT2D eigenvalue weighted by atomic mass is 16.6. The number of carbonyl (C=O) groups is 1. The van der Waals surface area contributed by atoms with Crippen molar-refractivity contribution < 1.29 is 9.72 Å². The number of hydrogen-bond donors (Lipinski definition) is 0. The minimum atomic E-state index is -0.422. The van der Waals surface area contributed by atoms with Crippen molar-refractivity contribution in [1.82, 2.24) is 4.90 Å². The maximum Gasteiger partial charge on any atom is 0.272 e. The van der Waals surface area contributed by atoms with Gasteiger partial charge in [0.2, 0.25) is 0 Å². The van der Waals surface area contributed by atoms with Gasteiger partial charge in [-0.1, -0.05) is 13.8 Å². The van der Waals surface area contributed by atoms with E-state index in [4.69, 9.17) is 0 Å². The number of amides is 1. The Balaban J connectivity index is 2.21. The zero-order valence-corrected chi connectivity index (χ0v) is 12.1. The van der Waals surface area contributed by atoms with E-state index in [1.54, 1.807) is 19.1 Å². The zero-order valence-electron chi connectivity index (χ0n) is 12.1. The summed E-state index contributed by atoms with van der Waals surface area (Å²) < 4.78 is 0. The fraction of sp³-hybridized carbons (Fsp3) is 0.533. The standard InChI is InChI=1S/C15H20N2O3/c1-10-6-11(2)9-16(8-10)15(18)13-4-5-14(17(19)20)12(3)7-13/h4-5,7,10-11H,6,8-9H2,1-3H3. The topological polar surface area (TPSA) is 63.5 Å². The number of aryl methyl sites for hydroxylation is 1. The van der Waals surface area contributed by atoms with E-state index < -0.39 is 4.92 Å². The lowest BCUT2D eigenvalue weighted by atomic mass is 9.91. The van der Waals surface area contributed by atoms with Crippen LogP contribution in [0.1, 0.15) is 36.2 Å². The Morgan fingerprint density at radius 3 is 2.40 bits per heavy atom. The lowest BCUT2D eigenvalue weighted by Crippen LogP contribution is -2.42. The molecule has 2 atom stereocenters. The number of nitrogens with zero attached hydrogens (tertiary/aromatic N) is 2. The third-order valence-corrected chi connectivity index (χ3v) is 3.80. The van der Waals surface area contributed by atoms with Crippen molar-refractivity contribution in [2.24, 2.45) is 11.8 Å². The first-order valence-electron chi connectivity index (χ1n) is 6.92. The second-order valence-electron chi connectivity index (χ2n) is 5.91. The zero-order chi connectivity index (χ0) is 14.9. The normalized spacial score (nSPS) is 22.6. The number of likely N-dealkylation sites (tertiary alicyclic amines) is 1. The van der Waals surface area contributed by atoms with Crippen molar-refractivity contribution in [1.29, 1.82) is 0 Å². The van der Waals surface area contributed by atoms with Crippen LogP contribution in [-0.4, -0.2) is 28.8 Å². The lowest BCUT2D eigenvalue weighted by Gasteiger charge is -2.35. The van der Waals surface area contributed by atoms with Gasteiger partial charge in [0.25, 0.3) is 11.6 Å². The molecule has 0 spiro atoms. The summed E-state index contributed by atoms with van der Waals surface area (Å²) in [6, 6.07) is 4.58. The summed E-state index contributed by atoms with van der Waals surface area (Å²) in [7, 11) is 0. The maximum atomic E-state index is 12.5. The summed E-state index contributed by atoms with van der Waals surface area (Å²) in [5, 5.41) is 10.8. The van der Waals surface area contributed by atoms with Gasteiger partial charge >= 0.3 is 0 Å². The molecule has 2 rings (SSSR count). The van der Waals surface area contributed by atoms with Gasteiger partial charge in [0.1, 0.15) is 0 Å². The van der Waals surface area contributed by atoms with Crippen LogP contribution >= 0.6 is 0 Å². The second-order valence-corrected chi connectivity index (χ2v) is 5.91. The summed E-state index contributed by atoms with van der Waals surface area (Å²) in [4.78, 5) is 24.7.